The Balaban J connectivity index is 1.86. The molecule has 3 heteroatoms. The molecule has 86 valence electrons. The summed E-state index contributed by atoms with van der Waals surface area (Å²) >= 11 is 1.49. The predicted molar refractivity (Wildman–Crippen MR) is 67.9 cm³/mol. The lowest BCUT2D eigenvalue weighted by atomic mass is 10.1. The van der Waals surface area contributed by atoms with Gasteiger partial charge in [-0.1, -0.05) is 18.2 Å². The van der Waals surface area contributed by atoms with Crippen molar-refractivity contribution in [2.45, 2.75) is 19.4 Å². The Labute approximate surface area is 104 Å². The van der Waals surface area contributed by atoms with Crippen LogP contribution in [0.25, 0.3) is 0 Å². The number of hydrogen-bond donors (Lipinski definition) is 0. The SMILES string of the molecule is Cc1ccsc1C(=O)C1Cc2ccccc2O1. The molecule has 1 atom stereocenters. The summed E-state index contributed by atoms with van der Waals surface area (Å²) in [5, 5.41) is 1.95. The highest BCUT2D eigenvalue weighted by atomic mass is 32.1. The van der Waals surface area contributed by atoms with Gasteiger partial charge in [-0.2, -0.15) is 0 Å². The first kappa shape index (κ1) is 10.5. The number of carbonyl (C=O) groups is 1. The topological polar surface area (TPSA) is 26.3 Å². The summed E-state index contributed by atoms with van der Waals surface area (Å²) in [4.78, 5) is 13.1. The molecule has 2 heterocycles. The number of Topliss-reactive ketones (excluding diaryl/α,β-unsaturated/α-hetero) is 1. The molecule has 1 aliphatic rings. The molecule has 2 nitrogen and oxygen atoms in total. The van der Waals surface area contributed by atoms with Crippen molar-refractivity contribution < 1.29 is 9.53 Å². The molecule has 1 aromatic carbocycles. The van der Waals surface area contributed by atoms with E-state index in [9.17, 15) is 4.79 Å². The summed E-state index contributed by atoms with van der Waals surface area (Å²) in [6.45, 7) is 1.96. The third kappa shape index (κ3) is 1.76. The van der Waals surface area contributed by atoms with Gasteiger partial charge in [0, 0.05) is 6.42 Å². The van der Waals surface area contributed by atoms with E-state index in [0.717, 1.165) is 21.8 Å². The van der Waals surface area contributed by atoms with E-state index in [4.69, 9.17) is 4.74 Å². The van der Waals surface area contributed by atoms with Gasteiger partial charge < -0.3 is 4.74 Å². The van der Waals surface area contributed by atoms with E-state index >= 15 is 0 Å². The van der Waals surface area contributed by atoms with Crippen LogP contribution in [-0.4, -0.2) is 11.9 Å². The van der Waals surface area contributed by atoms with Gasteiger partial charge in [0.1, 0.15) is 5.75 Å². The van der Waals surface area contributed by atoms with E-state index in [1.165, 1.54) is 11.3 Å². The Morgan fingerprint density at radius 3 is 2.88 bits per heavy atom. The molecule has 0 spiro atoms. The summed E-state index contributed by atoms with van der Waals surface area (Å²) < 4.78 is 5.70. The van der Waals surface area contributed by atoms with Crippen molar-refractivity contribution in [2.75, 3.05) is 0 Å². The van der Waals surface area contributed by atoms with E-state index in [1.807, 2.05) is 42.6 Å². The Morgan fingerprint density at radius 2 is 2.18 bits per heavy atom. The molecule has 0 saturated carbocycles. The zero-order chi connectivity index (χ0) is 11.8. The van der Waals surface area contributed by atoms with E-state index in [2.05, 4.69) is 0 Å². The number of rotatable bonds is 2. The average Bonchev–Trinajstić information content (AvgIpc) is 2.93. The van der Waals surface area contributed by atoms with Crippen LogP contribution in [0.4, 0.5) is 0 Å². The zero-order valence-electron chi connectivity index (χ0n) is 9.47. The van der Waals surface area contributed by atoms with Crippen LogP contribution < -0.4 is 4.74 Å². The van der Waals surface area contributed by atoms with Crippen molar-refractivity contribution >= 4 is 17.1 Å². The van der Waals surface area contributed by atoms with Gasteiger partial charge in [0.05, 0.1) is 4.88 Å². The Morgan fingerprint density at radius 1 is 1.35 bits per heavy atom. The zero-order valence-corrected chi connectivity index (χ0v) is 10.3. The summed E-state index contributed by atoms with van der Waals surface area (Å²) in [5.41, 5.74) is 2.17. The normalized spacial score (nSPS) is 17.6. The van der Waals surface area contributed by atoms with Crippen LogP contribution in [-0.2, 0) is 6.42 Å². The Bertz CT molecular complexity index is 546. The number of ketones is 1. The fraction of sp³-hybridized carbons (Fsp3) is 0.214. The Kier molecular flexibility index (Phi) is 2.48. The van der Waals surface area contributed by atoms with E-state index < -0.39 is 0 Å². The summed E-state index contributed by atoms with van der Waals surface area (Å²) in [6, 6.07) is 9.82. The van der Waals surface area contributed by atoms with Gasteiger partial charge in [0.25, 0.3) is 0 Å². The number of thiophene rings is 1. The maximum atomic E-state index is 12.3. The fourth-order valence-electron chi connectivity index (χ4n) is 2.10. The molecule has 3 rings (SSSR count). The number of para-hydroxylation sites is 1. The number of hydrogen-bond acceptors (Lipinski definition) is 3. The van der Waals surface area contributed by atoms with Crippen LogP contribution in [0.15, 0.2) is 35.7 Å². The first-order chi connectivity index (χ1) is 8.25. The third-order valence-corrected chi connectivity index (χ3v) is 4.06. The number of carbonyl (C=O) groups excluding carboxylic acids is 1. The molecule has 0 aliphatic carbocycles. The lowest BCUT2D eigenvalue weighted by molar-refractivity contribution is 0.0828. The van der Waals surface area contributed by atoms with Gasteiger partial charge in [-0.3, -0.25) is 4.79 Å². The maximum absolute atomic E-state index is 12.3. The van der Waals surface area contributed by atoms with E-state index in [-0.39, 0.29) is 11.9 Å². The molecule has 1 unspecified atom stereocenters. The molecule has 1 aliphatic heterocycles. The lowest BCUT2D eigenvalue weighted by Gasteiger charge is -2.08. The molecular weight excluding hydrogens is 232 g/mol. The highest BCUT2D eigenvalue weighted by molar-refractivity contribution is 7.12. The number of benzene rings is 1. The van der Waals surface area contributed by atoms with Gasteiger partial charge in [0.15, 0.2) is 6.10 Å². The van der Waals surface area contributed by atoms with Crippen LogP contribution >= 0.6 is 11.3 Å². The van der Waals surface area contributed by atoms with Crippen LogP contribution in [0.3, 0.4) is 0 Å². The minimum absolute atomic E-state index is 0.105. The maximum Gasteiger partial charge on any atom is 0.213 e. The molecule has 0 saturated heterocycles. The van der Waals surface area contributed by atoms with E-state index in [0.29, 0.717) is 6.42 Å². The van der Waals surface area contributed by atoms with Crippen LogP contribution in [0.2, 0.25) is 0 Å². The minimum Gasteiger partial charge on any atom is -0.482 e. The van der Waals surface area contributed by atoms with Gasteiger partial charge in [-0.25, -0.2) is 0 Å². The van der Waals surface area contributed by atoms with Crippen molar-refractivity contribution in [2.24, 2.45) is 0 Å². The van der Waals surface area contributed by atoms with Crippen molar-refractivity contribution in [1.82, 2.24) is 0 Å². The van der Waals surface area contributed by atoms with Crippen LogP contribution in [0, 0.1) is 6.92 Å². The predicted octanol–water partition coefficient (Wildman–Crippen LogP) is 3.24. The molecule has 2 aromatic rings. The summed E-state index contributed by atoms with van der Waals surface area (Å²) in [7, 11) is 0. The fourth-order valence-corrected chi connectivity index (χ4v) is 3.01. The van der Waals surface area contributed by atoms with Crippen LogP contribution in [0.5, 0.6) is 5.75 Å². The molecule has 0 N–H and O–H groups in total. The highest BCUT2D eigenvalue weighted by Gasteiger charge is 2.30. The third-order valence-electron chi connectivity index (χ3n) is 3.03. The van der Waals surface area contributed by atoms with Crippen molar-refractivity contribution in [3.63, 3.8) is 0 Å². The first-order valence-electron chi connectivity index (χ1n) is 5.58. The second kappa shape index (κ2) is 4.00. The van der Waals surface area contributed by atoms with Crippen LogP contribution in [0.1, 0.15) is 20.8 Å². The quantitative estimate of drug-likeness (QED) is 0.758. The molecule has 17 heavy (non-hydrogen) atoms. The molecule has 0 bridgehead atoms. The molecular formula is C14H12O2S. The number of fused-ring (bicyclic) bond motifs is 1. The second-order valence-corrected chi connectivity index (χ2v) is 5.13. The van der Waals surface area contributed by atoms with Crippen molar-refractivity contribution in [3.05, 3.63) is 51.7 Å². The van der Waals surface area contributed by atoms with Gasteiger partial charge >= 0.3 is 0 Å². The second-order valence-electron chi connectivity index (χ2n) is 4.22. The lowest BCUT2D eigenvalue weighted by Crippen LogP contribution is -2.25. The molecule has 0 radical (unpaired) electrons. The first-order valence-corrected chi connectivity index (χ1v) is 6.46. The monoisotopic (exact) mass is 244 g/mol. The summed E-state index contributed by atoms with van der Waals surface area (Å²) in [6.07, 6.45) is 0.344. The number of aryl methyl sites for hydroxylation is 1. The minimum atomic E-state index is -0.343. The Hall–Kier alpha value is -1.61. The van der Waals surface area contributed by atoms with Gasteiger partial charge in [0.2, 0.25) is 5.78 Å². The average molecular weight is 244 g/mol. The van der Waals surface area contributed by atoms with Crippen molar-refractivity contribution in [1.29, 1.82) is 0 Å². The van der Waals surface area contributed by atoms with Gasteiger partial charge in [-0.15, -0.1) is 11.3 Å². The summed E-state index contributed by atoms with van der Waals surface area (Å²) in [5.74, 6) is 0.953. The molecule has 0 amide bonds. The smallest absolute Gasteiger partial charge is 0.213 e. The van der Waals surface area contributed by atoms with Crippen molar-refractivity contribution in [3.8, 4) is 5.75 Å². The molecule has 1 aromatic heterocycles. The highest BCUT2D eigenvalue weighted by Crippen LogP contribution is 2.31. The van der Waals surface area contributed by atoms with Gasteiger partial charge in [-0.05, 0) is 35.6 Å². The number of ether oxygens (including phenoxy) is 1. The molecule has 0 fully saturated rings. The standard InChI is InChI=1S/C14H12O2S/c1-9-6-7-17-14(9)13(15)12-8-10-4-2-3-5-11(10)16-12/h2-7,12H,8H2,1H3. The largest absolute Gasteiger partial charge is 0.482 e. The van der Waals surface area contributed by atoms with E-state index in [1.54, 1.807) is 0 Å².